The minimum atomic E-state index is -0.861. The number of ether oxygens (including phenoxy) is 1. The van der Waals surface area contributed by atoms with Crippen molar-refractivity contribution in [3.8, 4) is 0 Å². The lowest BCUT2D eigenvalue weighted by atomic mass is 10.1. The van der Waals surface area contributed by atoms with Gasteiger partial charge in [-0.2, -0.15) is 0 Å². The summed E-state index contributed by atoms with van der Waals surface area (Å²) in [6.07, 6.45) is -0.103. The number of fused-ring (bicyclic) bond motifs is 1. The Kier molecular flexibility index (Phi) is 6.39. The number of hydrogen-bond donors (Lipinski definition) is 2. The van der Waals surface area contributed by atoms with Crippen molar-refractivity contribution < 1.29 is 19.4 Å². The minimum Gasteiger partial charge on any atom is -0.480 e. The molecule has 3 rings (SSSR count). The van der Waals surface area contributed by atoms with Crippen LogP contribution in [0.4, 0.5) is 5.69 Å². The van der Waals surface area contributed by atoms with Gasteiger partial charge >= 0.3 is 5.97 Å². The van der Waals surface area contributed by atoms with Crippen LogP contribution in [0.15, 0.2) is 42.5 Å². The Morgan fingerprint density at radius 1 is 1.26 bits per heavy atom. The summed E-state index contributed by atoms with van der Waals surface area (Å²) in [5.74, 6) is -0.925. The van der Waals surface area contributed by atoms with Crippen LogP contribution in [0.2, 0.25) is 0 Å². The van der Waals surface area contributed by atoms with E-state index in [-0.39, 0.29) is 25.1 Å². The largest absolute Gasteiger partial charge is 0.480 e. The first-order valence-corrected chi connectivity index (χ1v) is 9.03. The molecule has 0 aliphatic carbocycles. The first-order valence-electron chi connectivity index (χ1n) is 9.03. The molecular weight excluding hydrogens is 346 g/mol. The summed E-state index contributed by atoms with van der Waals surface area (Å²) >= 11 is 0. The predicted molar refractivity (Wildman–Crippen MR) is 104 cm³/mol. The van der Waals surface area contributed by atoms with Crippen LogP contribution in [0.5, 0.6) is 0 Å². The van der Waals surface area contributed by atoms with Gasteiger partial charge in [0.1, 0.15) is 0 Å². The van der Waals surface area contributed by atoms with E-state index in [4.69, 9.17) is 9.84 Å². The second-order valence-electron chi connectivity index (χ2n) is 6.89. The normalized spacial score (nSPS) is 17.9. The molecule has 1 fully saturated rings. The Labute approximate surface area is 158 Å². The van der Waals surface area contributed by atoms with Gasteiger partial charge < -0.3 is 15.2 Å². The van der Waals surface area contributed by atoms with Crippen molar-refractivity contribution in [2.45, 2.75) is 6.10 Å². The van der Waals surface area contributed by atoms with Crippen LogP contribution < -0.4 is 5.32 Å². The molecule has 7 nitrogen and oxygen atoms in total. The highest BCUT2D eigenvalue weighted by Crippen LogP contribution is 2.22. The van der Waals surface area contributed by atoms with E-state index < -0.39 is 5.97 Å². The summed E-state index contributed by atoms with van der Waals surface area (Å²) in [5.41, 5.74) is 0.809. The molecule has 27 heavy (non-hydrogen) atoms. The van der Waals surface area contributed by atoms with Crippen LogP contribution in [0.3, 0.4) is 0 Å². The summed E-state index contributed by atoms with van der Waals surface area (Å²) in [6.45, 7) is 2.60. The summed E-state index contributed by atoms with van der Waals surface area (Å²) in [6, 6.07) is 13.8. The molecular formula is C20H25N3O4. The van der Waals surface area contributed by atoms with Crippen LogP contribution in [0.1, 0.15) is 0 Å². The highest BCUT2D eigenvalue weighted by molar-refractivity contribution is 6.02. The number of carboxylic acids is 1. The van der Waals surface area contributed by atoms with Crippen molar-refractivity contribution in [3.05, 3.63) is 42.5 Å². The van der Waals surface area contributed by atoms with Crippen molar-refractivity contribution >= 4 is 28.3 Å². The fourth-order valence-corrected chi connectivity index (χ4v) is 3.40. The molecule has 0 aromatic heterocycles. The number of nitrogens with zero attached hydrogens (tertiary/aromatic N) is 2. The number of carbonyl (C=O) groups excluding carboxylic acids is 1. The molecule has 1 amide bonds. The Balaban J connectivity index is 1.55. The lowest BCUT2D eigenvalue weighted by Gasteiger charge is -2.34. The van der Waals surface area contributed by atoms with Gasteiger partial charge in [-0.15, -0.1) is 0 Å². The minimum absolute atomic E-state index is 0.0264. The SMILES string of the molecule is CN(CC(=O)O)CC1CN(CC(=O)Nc2cccc3ccccc23)CCO1. The molecule has 2 N–H and O–H groups in total. The number of amides is 1. The van der Waals surface area contributed by atoms with E-state index in [1.165, 1.54) is 0 Å². The quantitative estimate of drug-likeness (QED) is 0.768. The molecule has 1 unspecified atom stereocenters. The molecule has 0 bridgehead atoms. The molecule has 1 aliphatic heterocycles. The first-order chi connectivity index (χ1) is 13.0. The molecule has 1 heterocycles. The predicted octanol–water partition coefficient (Wildman–Crippen LogP) is 1.50. The average Bonchev–Trinajstić information content (AvgIpc) is 2.61. The van der Waals surface area contributed by atoms with Gasteiger partial charge in [0.15, 0.2) is 0 Å². The average molecular weight is 371 g/mol. The van der Waals surface area contributed by atoms with Gasteiger partial charge in [-0.3, -0.25) is 19.4 Å². The monoisotopic (exact) mass is 371 g/mol. The van der Waals surface area contributed by atoms with E-state index >= 15 is 0 Å². The molecule has 0 radical (unpaired) electrons. The smallest absolute Gasteiger partial charge is 0.317 e. The van der Waals surface area contributed by atoms with Crippen LogP contribution in [-0.2, 0) is 14.3 Å². The molecule has 0 saturated carbocycles. The Morgan fingerprint density at radius 3 is 2.85 bits per heavy atom. The Hall–Kier alpha value is -2.48. The highest BCUT2D eigenvalue weighted by Gasteiger charge is 2.24. The molecule has 0 spiro atoms. The first kappa shape index (κ1) is 19.3. The fraction of sp³-hybridized carbons (Fsp3) is 0.400. The van der Waals surface area contributed by atoms with Gasteiger partial charge in [0, 0.05) is 30.7 Å². The summed E-state index contributed by atoms with van der Waals surface area (Å²) < 4.78 is 5.71. The zero-order valence-corrected chi connectivity index (χ0v) is 15.4. The number of morpholine rings is 1. The van der Waals surface area contributed by atoms with E-state index in [9.17, 15) is 9.59 Å². The topological polar surface area (TPSA) is 82.1 Å². The van der Waals surface area contributed by atoms with Crippen molar-refractivity contribution in [1.29, 1.82) is 0 Å². The molecule has 2 aromatic rings. The Morgan fingerprint density at radius 2 is 2.04 bits per heavy atom. The van der Waals surface area contributed by atoms with E-state index in [1.807, 2.05) is 47.4 Å². The Bertz CT molecular complexity index is 805. The number of carbonyl (C=O) groups is 2. The molecule has 2 aromatic carbocycles. The molecule has 144 valence electrons. The summed E-state index contributed by atoms with van der Waals surface area (Å²) in [4.78, 5) is 27.1. The standard InChI is InChI=1S/C20H25N3O4/c1-22(14-20(25)26)11-16-12-23(9-10-27-16)13-19(24)21-18-8-4-6-15-5-2-3-7-17(15)18/h2-8,16H,9-14H2,1H3,(H,21,24)(H,25,26). The van der Waals surface area contributed by atoms with Crippen molar-refractivity contribution in [1.82, 2.24) is 9.80 Å². The van der Waals surface area contributed by atoms with E-state index in [1.54, 1.807) is 11.9 Å². The number of benzene rings is 2. The number of hydrogen-bond acceptors (Lipinski definition) is 5. The third kappa shape index (κ3) is 5.50. The zero-order valence-electron chi connectivity index (χ0n) is 15.4. The van der Waals surface area contributed by atoms with Crippen LogP contribution >= 0.6 is 0 Å². The number of carboxylic acid groups (broad SMARTS) is 1. The number of anilines is 1. The number of rotatable bonds is 7. The number of nitrogens with one attached hydrogen (secondary N) is 1. The number of likely N-dealkylation sites (N-methyl/N-ethyl adjacent to an activating group) is 1. The van der Waals surface area contributed by atoms with E-state index in [2.05, 4.69) is 5.32 Å². The van der Waals surface area contributed by atoms with Gasteiger partial charge in [-0.05, 0) is 18.5 Å². The molecule has 7 heteroatoms. The number of aliphatic carboxylic acids is 1. The zero-order chi connectivity index (χ0) is 19.2. The van der Waals surface area contributed by atoms with Crippen molar-refractivity contribution in [2.75, 3.05) is 51.7 Å². The maximum absolute atomic E-state index is 12.5. The highest BCUT2D eigenvalue weighted by atomic mass is 16.5. The molecule has 1 atom stereocenters. The third-order valence-electron chi connectivity index (χ3n) is 4.57. The van der Waals surface area contributed by atoms with Gasteiger partial charge in [0.2, 0.25) is 5.91 Å². The van der Waals surface area contributed by atoms with E-state index in [0.29, 0.717) is 26.2 Å². The maximum Gasteiger partial charge on any atom is 0.317 e. The van der Waals surface area contributed by atoms with Crippen LogP contribution in [-0.4, -0.2) is 79.3 Å². The lowest BCUT2D eigenvalue weighted by molar-refractivity contribution is -0.138. The van der Waals surface area contributed by atoms with Crippen LogP contribution in [0, 0.1) is 0 Å². The van der Waals surface area contributed by atoms with Gasteiger partial charge in [-0.1, -0.05) is 36.4 Å². The molecule has 1 saturated heterocycles. The maximum atomic E-state index is 12.5. The van der Waals surface area contributed by atoms with Crippen LogP contribution in [0.25, 0.3) is 10.8 Å². The lowest BCUT2D eigenvalue weighted by Crippen LogP contribution is -2.49. The fourth-order valence-electron chi connectivity index (χ4n) is 3.40. The summed E-state index contributed by atoms with van der Waals surface area (Å²) in [7, 11) is 1.75. The van der Waals surface area contributed by atoms with Crippen molar-refractivity contribution in [2.24, 2.45) is 0 Å². The van der Waals surface area contributed by atoms with Gasteiger partial charge in [-0.25, -0.2) is 0 Å². The second kappa shape index (κ2) is 8.94. The van der Waals surface area contributed by atoms with Gasteiger partial charge in [0.25, 0.3) is 0 Å². The second-order valence-corrected chi connectivity index (χ2v) is 6.89. The molecule has 1 aliphatic rings. The summed E-state index contributed by atoms with van der Waals surface area (Å²) in [5, 5.41) is 14.0. The van der Waals surface area contributed by atoms with Crippen molar-refractivity contribution in [3.63, 3.8) is 0 Å². The van der Waals surface area contributed by atoms with E-state index in [0.717, 1.165) is 16.5 Å². The third-order valence-corrected chi connectivity index (χ3v) is 4.57. The van der Waals surface area contributed by atoms with Gasteiger partial charge in [0.05, 0.1) is 25.8 Å².